The third-order valence-electron chi connectivity index (χ3n) is 2.11. The lowest BCUT2D eigenvalue weighted by atomic mass is 10.3. The van der Waals surface area contributed by atoms with Crippen molar-refractivity contribution in [2.24, 2.45) is 0 Å². The van der Waals surface area contributed by atoms with Crippen LogP contribution in [0.2, 0.25) is 0 Å². The van der Waals surface area contributed by atoms with E-state index in [-0.39, 0.29) is 6.54 Å². The van der Waals surface area contributed by atoms with Gasteiger partial charge in [0.05, 0.1) is 13.7 Å². The molecule has 7 nitrogen and oxygen atoms in total. The van der Waals surface area contributed by atoms with Crippen LogP contribution in [0, 0.1) is 0 Å². The van der Waals surface area contributed by atoms with Gasteiger partial charge in [-0.15, -0.1) is 0 Å². The molecule has 19 heavy (non-hydrogen) atoms. The molecule has 1 rings (SSSR count). The normalized spacial score (nSPS) is 11.5. The summed E-state index contributed by atoms with van der Waals surface area (Å²) in [5.41, 5.74) is 0.466. The molecule has 0 fully saturated rings. The van der Waals surface area contributed by atoms with Gasteiger partial charge < -0.3 is 25.6 Å². The maximum Gasteiger partial charge on any atom is 0.334 e. The number of aliphatic hydroxyl groups is 1. The van der Waals surface area contributed by atoms with Gasteiger partial charge in [-0.1, -0.05) is 15.9 Å². The Hall–Kier alpha value is -1.80. The molecule has 0 bridgehead atoms. The molecule has 0 saturated carbocycles. The van der Waals surface area contributed by atoms with E-state index in [0.717, 1.165) is 0 Å². The summed E-state index contributed by atoms with van der Waals surface area (Å²) >= 11 is 3.26. The number of hydrogen-bond acceptors (Lipinski definition) is 4. The van der Waals surface area contributed by atoms with E-state index >= 15 is 0 Å². The standard InChI is InChI=1S/C11H13BrN2O5/c1-19-8-3-6(12)2-7(4-8)14-11(18)13-5-9(15)10(16)17/h2-4,9,15H,5H2,1H3,(H,16,17)(H2,13,14,18)/t9-/m0/s1. The number of aliphatic carboxylic acids is 1. The van der Waals surface area contributed by atoms with Gasteiger partial charge in [-0.25, -0.2) is 9.59 Å². The second-order valence-corrected chi connectivity index (χ2v) is 4.48. The molecule has 0 unspecified atom stereocenters. The van der Waals surface area contributed by atoms with Crippen LogP contribution in [-0.2, 0) is 4.79 Å². The molecular weight excluding hydrogens is 320 g/mol. The molecule has 104 valence electrons. The number of methoxy groups -OCH3 is 1. The quantitative estimate of drug-likeness (QED) is 0.644. The number of halogens is 1. The van der Waals surface area contributed by atoms with E-state index < -0.39 is 18.1 Å². The maximum atomic E-state index is 11.5. The Kier molecular flexibility index (Phi) is 5.58. The van der Waals surface area contributed by atoms with Gasteiger partial charge in [-0.2, -0.15) is 0 Å². The first-order valence-electron chi connectivity index (χ1n) is 5.22. The van der Waals surface area contributed by atoms with E-state index in [0.29, 0.717) is 15.9 Å². The Morgan fingerprint density at radius 2 is 2.11 bits per heavy atom. The molecule has 0 spiro atoms. The molecule has 1 atom stereocenters. The average molecular weight is 333 g/mol. The predicted octanol–water partition coefficient (Wildman–Crippen LogP) is 1.02. The largest absolute Gasteiger partial charge is 0.497 e. The number of aliphatic hydroxyl groups excluding tert-OH is 1. The Labute approximate surface area is 117 Å². The maximum absolute atomic E-state index is 11.5. The van der Waals surface area contributed by atoms with Crippen molar-refractivity contribution in [3.05, 3.63) is 22.7 Å². The van der Waals surface area contributed by atoms with Crippen LogP contribution in [0.4, 0.5) is 10.5 Å². The van der Waals surface area contributed by atoms with E-state index in [9.17, 15) is 9.59 Å². The van der Waals surface area contributed by atoms with Crippen molar-refractivity contribution in [2.45, 2.75) is 6.10 Å². The van der Waals surface area contributed by atoms with Crippen molar-refractivity contribution in [1.82, 2.24) is 5.32 Å². The number of benzene rings is 1. The van der Waals surface area contributed by atoms with Crippen molar-refractivity contribution >= 4 is 33.6 Å². The highest BCUT2D eigenvalue weighted by molar-refractivity contribution is 9.10. The number of amides is 2. The molecule has 0 aliphatic rings. The lowest BCUT2D eigenvalue weighted by Gasteiger charge is -2.10. The summed E-state index contributed by atoms with van der Waals surface area (Å²) in [7, 11) is 1.49. The predicted molar refractivity (Wildman–Crippen MR) is 71.4 cm³/mol. The van der Waals surface area contributed by atoms with Gasteiger partial charge in [-0.05, 0) is 12.1 Å². The topological polar surface area (TPSA) is 108 Å². The molecule has 4 N–H and O–H groups in total. The first kappa shape index (κ1) is 15.3. The van der Waals surface area contributed by atoms with E-state index in [4.69, 9.17) is 14.9 Å². The zero-order chi connectivity index (χ0) is 14.4. The van der Waals surface area contributed by atoms with E-state index in [2.05, 4.69) is 26.6 Å². The minimum Gasteiger partial charge on any atom is -0.497 e. The Morgan fingerprint density at radius 1 is 1.42 bits per heavy atom. The molecule has 0 heterocycles. The smallest absolute Gasteiger partial charge is 0.334 e. The zero-order valence-electron chi connectivity index (χ0n) is 10.0. The monoisotopic (exact) mass is 332 g/mol. The number of urea groups is 1. The van der Waals surface area contributed by atoms with Gasteiger partial charge in [0, 0.05) is 16.2 Å². The van der Waals surface area contributed by atoms with Gasteiger partial charge in [-0.3, -0.25) is 0 Å². The summed E-state index contributed by atoms with van der Waals surface area (Å²) < 4.78 is 5.74. The number of anilines is 1. The summed E-state index contributed by atoms with van der Waals surface area (Å²) in [6.07, 6.45) is -1.64. The highest BCUT2D eigenvalue weighted by Crippen LogP contribution is 2.24. The molecular formula is C11H13BrN2O5. The van der Waals surface area contributed by atoms with Crippen molar-refractivity contribution in [2.75, 3.05) is 19.0 Å². The number of nitrogens with one attached hydrogen (secondary N) is 2. The number of carbonyl (C=O) groups is 2. The second kappa shape index (κ2) is 6.95. The van der Waals surface area contributed by atoms with Crippen LogP contribution in [0.1, 0.15) is 0 Å². The van der Waals surface area contributed by atoms with Crippen LogP contribution in [0.25, 0.3) is 0 Å². The van der Waals surface area contributed by atoms with E-state index in [1.807, 2.05) is 0 Å². The number of carbonyl (C=O) groups excluding carboxylic acids is 1. The fourth-order valence-electron chi connectivity index (χ4n) is 1.20. The summed E-state index contributed by atoms with van der Waals surface area (Å²) in [5, 5.41) is 22.2. The fourth-order valence-corrected chi connectivity index (χ4v) is 1.68. The molecule has 0 aliphatic heterocycles. The third kappa shape index (κ3) is 5.14. The number of hydrogen-bond donors (Lipinski definition) is 4. The highest BCUT2D eigenvalue weighted by atomic mass is 79.9. The van der Waals surface area contributed by atoms with Crippen LogP contribution in [0.5, 0.6) is 5.75 Å². The van der Waals surface area contributed by atoms with Crippen molar-refractivity contribution in [3.63, 3.8) is 0 Å². The second-order valence-electron chi connectivity index (χ2n) is 3.57. The molecule has 1 aromatic carbocycles. The zero-order valence-corrected chi connectivity index (χ0v) is 11.6. The summed E-state index contributed by atoms with van der Waals surface area (Å²) in [6.45, 7) is -0.383. The Morgan fingerprint density at radius 3 is 2.68 bits per heavy atom. The Balaban J connectivity index is 2.57. The summed E-state index contributed by atoms with van der Waals surface area (Å²) in [5.74, 6) is -0.848. The first-order chi connectivity index (χ1) is 8.92. The fraction of sp³-hybridized carbons (Fsp3) is 0.273. The average Bonchev–Trinajstić information content (AvgIpc) is 2.34. The molecule has 0 aromatic heterocycles. The summed E-state index contributed by atoms with van der Waals surface area (Å²) in [4.78, 5) is 21.8. The van der Waals surface area contributed by atoms with Gasteiger partial charge in [0.2, 0.25) is 0 Å². The van der Waals surface area contributed by atoms with Crippen LogP contribution in [-0.4, -0.2) is 42.0 Å². The minimum atomic E-state index is -1.64. The molecule has 2 amide bonds. The van der Waals surface area contributed by atoms with Crippen LogP contribution in [0.15, 0.2) is 22.7 Å². The molecule has 0 radical (unpaired) electrons. The number of carboxylic acids is 1. The van der Waals surface area contributed by atoms with Gasteiger partial charge in [0.25, 0.3) is 0 Å². The molecule has 8 heteroatoms. The van der Waals surface area contributed by atoms with Crippen molar-refractivity contribution in [3.8, 4) is 5.75 Å². The van der Waals surface area contributed by atoms with Crippen molar-refractivity contribution in [1.29, 1.82) is 0 Å². The van der Waals surface area contributed by atoms with Crippen LogP contribution in [0.3, 0.4) is 0 Å². The van der Waals surface area contributed by atoms with Crippen LogP contribution < -0.4 is 15.4 Å². The third-order valence-corrected chi connectivity index (χ3v) is 2.56. The minimum absolute atomic E-state index is 0.383. The Bertz CT molecular complexity index is 480. The lowest BCUT2D eigenvalue weighted by Crippen LogP contribution is -2.38. The number of rotatable bonds is 5. The van der Waals surface area contributed by atoms with Gasteiger partial charge in [0.15, 0.2) is 6.10 Å². The van der Waals surface area contributed by atoms with Crippen molar-refractivity contribution < 1.29 is 24.5 Å². The SMILES string of the molecule is COc1cc(Br)cc(NC(=O)NC[C@H](O)C(=O)O)c1. The van der Waals surface area contributed by atoms with Gasteiger partial charge >= 0.3 is 12.0 Å². The van der Waals surface area contributed by atoms with Crippen LogP contribution >= 0.6 is 15.9 Å². The molecule has 1 aromatic rings. The van der Waals surface area contributed by atoms with Gasteiger partial charge in [0.1, 0.15) is 5.75 Å². The van der Waals surface area contributed by atoms with E-state index in [1.165, 1.54) is 7.11 Å². The van der Waals surface area contributed by atoms with E-state index in [1.54, 1.807) is 18.2 Å². The molecule has 0 saturated heterocycles. The first-order valence-corrected chi connectivity index (χ1v) is 6.02. The lowest BCUT2D eigenvalue weighted by molar-refractivity contribution is -0.146. The number of ether oxygens (including phenoxy) is 1. The highest BCUT2D eigenvalue weighted by Gasteiger charge is 2.14. The summed E-state index contributed by atoms with van der Waals surface area (Å²) in [6, 6.07) is 4.34. The molecule has 0 aliphatic carbocycles. The number of carboxylic acid groups (broad SMARTS) is 1.